The molecule has 0 spiro atoms. The number of oxazole rings is 1. The average molecular weight is 503 g/mol. The molecule has 0 atom stereocenters. The minimum absolute atomic E-state index is 0.00215. The first kappa shape index (κ1) is 24.1. The molecule has 3 amide bonds. The van der Waals surface area contributed by atoms with Gasteiger partial charge in [0.05, 0.1) is 4.90 Å². The lowest BCUT2D eigenvalue weighted by molar-refractivity contribution is -0.115. The highest BCUT2D eigenvalue weighted by atomic mass is 32.2. The van der Waals surface area contributed by atoms with E-state index in [1.165, 1.54) is 36.0 Å². The van der Waals surface area contributed by atoms with E-state index in [0.29, 0.717) is 22.2 Å². The summed E-state index contributed by atoms with van der Waals surface area (Å²) in [6.07, 6.45) is 5.13. The van der Waals surface area contributed by atoms with Crippen LogP contribution in [0.15, 0.2) is 63.1 Å². The van der Waals surface area contributed by atoms with Crippen LogP contribution in [0.25, 0.3) is 11.1 Å². The molecular weight excluding hydrogens is 476 g/mol. The number of hydrogen-bond acceptors (Lipinski definition) is 7. The Morgan fingerprint density at radius 2 is 1.76 bits per heavy atom. The van der Waals surface area contributed by atoms with Crippen LogP contribution in [-0.2, 0) is 14.8 Å². The zero-order valence-corrected chi connectivity index (χ0v) is 20.1. The Bertz CT molecular complexity index is 1220. The summed E-state index contributed by atoms with van der Waals surface area (Å²) in [6.45, 7) is 0. The molecule has 11 heteroatoms. The van der Waals surface area contributed by atoms with E-state index in [1.807, 2.05) is 24.3 Å². The summed E-state index contributed by atoms with van der Waals surface area (Å²) in [5.74, 6) is 0.259. The summed E-state index contributed by atoms with van der Waals surface area (Å²) in [6, 6.07) is 12.4. The van der Waals surface area contributed by atoms with Gasteiger partial charge in [0.15, 0.2) is 5.58 Å². The number of fused-ring (bicyclic) bond motifs is 1. The van der Waals surface area contributed by atoms with Crippen molar-refractivity contribution in [3.05, 3.63) is 48.5 Å². The van der Waals surface area contributed by atoms with Crippen molar-refractivity contribution in [1.82, 2.24) is 15.0 Å². The van der Waals surface area contributed by atoms with Crippen molar-refractivity contribution < 1.29 is 22.4 Å². The number of carbonyl (C=O) groups excluding carboxylic acids is 2. The van der Waals surface area contributed by atoms with E-state index in [0.717, 1.165) is 37.6 Å². The number of benzene rings is 2. The fourth-order valence-electron chi connectivity index (χ4n) is 3.73. The molecule has 1 aliphatic rings. The third-order valence-electron chi connectivity index (χ3n) is 5.44. The van der Waals surface area contributed by atoms with E-state index in [4.69, 9.17) is 4.42 Å². The van der Waals surface area contributed by atoms with Crippen LogP contribution >= 0.6 is 11.8 Å². The van der Waals surface area contributed by atoms with Crippen molar-refractivity contribution in [2.45, 2.75) is 54.7 Å². The third-order valence-corrected chi connectivity index (χ3v) is 7.62. The van der Waals surface area contributed by atoms with Crippen molar-refractivity contribution in [2.24, 2.45) is 0 Å². The number of para-hydroxylation sites is 2. The molecule has 1 saturated carbocycles. The summed E-state index contributed by atoms with van der Waals surface area (Å²) in [5.41, 5.74) is 1.93. The zero-order valence-electron chi connectivity index (χ0n) is 18.5. The molecule has 0 radical (unpaired) electrons. The number of carbonyl (C=O) groups is 2. The molecule has 1 aliphatic carbocycles. The Morgan fingerprint density at radius 1 is 1.03 bits per heavy atom. The lowest BCUT2D eigenvalue weighted by Gasteiger charge is -2.22. The first-order valence-electron chi connectivity index (χ1n) is 11.1. The highest BCUT2D eigenvalue weighted by molar-refractivity contribution is 7.99. The number of thioether (sulfide) groups is 1. The zero-order chi connectivity index (χ0) is 24.0. The second-order valence-electron chi connectivity index (χ2n) is 8.03. The first-order chi connectivity index (χ1) is 16.4. The number of aromatic nitrogens is 1. The highest BCUT2D eigenvalue weighted by Gasteiger charge is 2.21. The molecule has 3 N–H and O–H groups in total. The Labute approximate surface area is 202 Å². The van der Waals surface area contributed by atoms with Crippen LogP contribution in [-0.4, -0.2) is 37.1 Å². The average Bonchev–Trinajstić information content (AvgIpc) is 3.22. The highest BCUT2D eigenvalue weighted by Crippen LogP contribution is 2.24. The molecule has 0 aliphatic heterocycles. The second kappa shape index (κ2) is 10.9. The molecule has 2 aromatic carbocycles. The van der Waals surface area contributed by atoms with Crippen LogP contribution in [0.2, 0.25) is 0 Å². The molecule has 3 aromatic rings. The third kappa shape index (κ3) is 6.51. The monoisotopic (exact) mass is 502 g/mol. The Morgan fingerprint density at radius 3 is 2.50 bits per heavy atom. The van der Waals surface area contributed by atoms with Crippen LogP contribution in [0.5, 0.6) is 0 Å². The molecule has 9 nitrogen and oxygen atoms in total. The lowest BCUT2D eigenvalue weighted by Crippen LogP contribution is -2.45. The first-order valence-corrected chi connectivity index (χ1v) is 13.6. The van der Waals surface area contributed by atoms with Crippen LogP contribution in [0, 0.1) is 0 Å². The van der Waals surface area contributed by atoms with Gasteiger partial charge in [-0.2, -0.15) is 0 Å². The predicted octanol–water partition coefficient (Wildman–Crippen LogP) is 4.27. The maximum Gasteiger partial charge on any atom is 0.328 e. The van der Waals surface area contributed by atoms with Gasteiger partial charge < -0.3 is 15.1 Å². The summed E-state index contributed by atoms with van der Waals surface area (Å²) in [4.78, 5) is 28.6. The smallest absolute Gasteiger partial charge is 0.328 e. The van der Waals surface area contributed by atoms with E-state index < -0.39 is 16.1 Å². The van der Waals surface area contributed by atoms with Gasteiger partial charge in [0, 0.05) is 23.9 Å². The predicted molar refractivity (Wildman–Crippen MR) is 130 cm³/mol. The van der Waals surface area contributed by atoms with E-state index in [9.17, 15) is 18.0 Å². The lowest BCUT2D eigenvalue weighted by atomic mass is 9.96. The van der Waals surface area contributed by atoms with Gasteiger partial charge in [0.1, 0.15) is 5.52 Å². The van der Waals surface area contributed by atoms with E-state index in [1.54, 1.807) is 0 Å². The van der Waals surface area contributed by atoms with E-state index in [2.05, 4.69) is 20.3 Å². The summed E-state index contributed by atoms with van der Waals surface area (Å²) < 4.78 is 32.6. The van der Waals surface area contributed by atoms with Crippen molar-refractivity contribution in [2.75, 3.05) is 11.1 Å². The van der Waals surface area contributed by atoms with Crippen molar-refractivity contribution >= 4 is 50.5 Å². The van der Waals surface area contributed by atoms with Crippen LogP contribution < -0.4 is 15.4 Å². The molecule has 1 fully saturated rings. The molecule has 1 aromatic heterocycles. The van der Waals surface area contributed by atoms with Gasteiger partial charge in [0.25, 0.3) is 15.2 Å². The van der Waals surface area contributed by atoms with Gasteiger partial charge in [0.2, 0.25) is 5.91 Å². The number of nitrogens with zero attached hydrogens (tertiary/aromatic N) is 1. The van der Waals surface area contributed by atoms with Crippen molar-refractivity contribution in [3.63, 3.8) is 0 Å². The van der Waals surface area contributed by atoms with Crippen LogP contribution in [0.1, 0.15) is 38.5 Å². The molecule has 34 heavy (non-hydrogen) atoms. The Balaban J connectivity index is 1.24. The minimum Gasteiger partial charge on any atom is -0.431 e. The number of amides is 3. The van der Waals surface area contributed by atoms with Gasteiger partial charge >= 0.3 is 6.03 Å². The fourth-order valence-corrected chi connectivity index (χ4v) is 5.42. The fraction of sp³-hybridized carbons (Fsp3) is 0.348. The van der Waals surface area contributed by atoms with Crippen LogP contribution in [0.3, 0.4) is 0 Å². The maximum atomic E-state index is 12.5. The number of urea groups is 1. The SMILES string of the molecule is O=C(CCSc1nc2ccccc2o1)Nc1ccc(S(=O)(=O)NC(=O)NC2CCCCC2)cc1. The standard InChI is InChI=1S/C23H26N4O5S2/c28-21(14-15-33-23-26-19-8-4-5-9-20(19)32-23)24-17-10-12-18(13-11-17)34(30,31)27-22(29)25-16-6-2-1-3-7-16/h4-5,8-13,16H,1-3,6-7,14-15H2,(H,24,28)(H2,25,27,29). The molecular formula is C23H26N4O5S2. The Hall–Kier alpha value is -3.05. The molecule has 0 unspecified atom stereocenters. The molecule has 0 saturated heterocycles. The largest absolute Gasteiger partial charge is 0.431 e. The number of nitrogens with one attached hydrogen (secondary N) is 3. The summed E-state index contributed by atoms with van der Waals surface area (Å²) >= 11 is 1.34. The second-order valence-corrected chi connectivity index (χ2v) is 10.8. The quantitative estimate of drug-likeness (QED) is 0.392. The van der Waals surface area contributed by atoms with Gasteiger partial charge in [-0.25, -0.2) is 22.9 Å². The van der Waals surface area contributed by atoms with Gasteiger partial charge in [-0.05, 0) is 49.2 Å². The van der Waals surface area contributed by atoms with Gasteiger partial charge in [-0.15, -0.1) is 0 Å². The number of sulfonamides is 1. The van der Waals surface area contributed by atoms with E-state index >= 15 is 0 Å². The topological polar surface area (TPSA) is 130 Å². The Kier molecular flexibility index (Phi) is 7.73. The maximum absolute atomic E-state index is 12.5. The molecule has 4 rings (SSSR count). The molecule has 180 valence electrons. The summed E-state index contributed by atoms with van der Waals surface area (Å²) in [5, 5.41) is 5.96. The van der Waals surface area contributed by atoms with E-state index in [-0.39, 0.29) is 23.3 Å². The van der Waals surface area contributed by atoms with Gasteiger partial charge in [-0.3, -0.25) is 4.79 Å². The number of anilines is 1. The molecule has 0 bridgehead atoms. The minimum atomic E-state index is -4.01. The normalized spacial score (nSPS) is 14.6. The number of rotatable bonds is 8. The van der Waals surface area contributed by atoms with Gasteiger partial charge in [-0.1, -0.05) is 43.2 Å². The van der Waals surface area contributed by atoms with Crippen LogP contribution in [0.4, 0.5) is 10.5 Å². The molecule has 1 heterocycles. The number of hydrogen-bond donors (Lipinski definition) is 3. The van der Waals surface area contributed by atoms with Crippen molar-refractivity contribution in [3.8, 4) is 0 Å². The summed E-state index contributed by atoms with van der Waals surface area (Å²) in [7, 11) is -4.01. The van der Waals surface area contributed by atoms with Crippen molar-refractivity contribution in [1.29, 1.82) is 0 Å².